The molecule has 8 nitrogen and oxygen atoms in total. The van der Waals surface area contributed by atoms with Crippen LogP contribution in [0.15, 0.2) is 52.0 Å². The number of halogens is 1. The van der Waals surface area contributed by atoms with E-state index in [0.29, 0.717) is 44.5 Å². The summed E-state index contributed by atoms with van der Waals surface area (Å²) in [6.45, 7) is 2.00. The van der Waals surface area contributed by atoms with Gasteiger partial charge in [-0.3, -0.25) is 4.79 Å². The maximum absolute atomic E-state index is 12.7. The predicted molar refractivity (Wildman–Crippen MR) is 118 cm³/mol. The number of furan rings is 1. The van der Waals surface area contributed by atoms with Crippen molar-refractivity contribution >= 4 is 45.9 Å². The first-order valence-electron chi connectivity index (χ1n) is 9.44. The molecule has 0 aliphatic carbocycles. The van der Waals surface area contributed by atoms with E-state index >= 15 is 0 Å². The number of fused-ring (bicyclic) bond motifs is 2. The van der Waals surface area contributed by atoms with Crippen LogP contribution in [-0.2, 0) is 11.8 Å². The summed E-state index contributed by atoms with van der Waals surface area (Å²) in [6.07, 6.45) is 0. The second-order valence-electron chi connectivity index (χ2n) is 6.98. The summed E-state index contributed by atoms with van der Waals surface area (Å²) in [7, 11) is 1.83. The van der Waals surface area contributed by atoms with Gasteiger partial charge in [-0.05, 0) is 43.3 Å². The van der Waals surface area contributed by atoms with E-state index in [4.69, 9.17) is 25.5 Å². The number of aromatic nitrogens is 3. The molecule has 3 heterocycles. The van der Waals surface area contributed by atoms with Gasteiger partial charge in [-0.25, -0.2) is 0 Å². The molecule has 5 rings (SSSR count). The van der Waals surface area contributed by atoms with E-state index in [9.17, 15) is 4.79 Å². The standard InChI is InChI=1S/C21H17ClN4O4S/c1-11(20(27)23-14-4-6-16-17(9-14)29-10-28-16)31-21-25-24-19(26(21)2)18-8-12-7-13(22)3-5-15(12)30-18/h3-9,11H,10H2,1-2H3,(H,23,27). The molecule has 1 N–H and O–H groups in total. The van der Waals surface area contributed by atoms with Gasteiger partial charge in [-0.1, -0.05) is 23.4 Å². The summed E-state index contributed by atoms with van der Waals surface area (Å²) in [4.78, 5) is 12.7. The fraction of sp³-hybridized carbons (Fsp3) is 0.190. The number of nitrogens with one attached hydrogen (secondary N) is 1. The number of hydrogen-bond acceptors (Lipinski definition) is 7. The van der Waals surface area contributed by atoms with Gasteiger partial charge in [0.2, 0.25) is 12.7 Å². The lowest BCUT2D eigenvalue weighted by atomic mass is 10.2. The summed E-state index contributed by atoms with van der Waals surface area (Å²) in [5.74, 6) is 2.27. The van der Waals surface area contributed by atoms with Crippen molar-refractivity contribution in [1.29, 1.82) is 0 Å². The zero-order valence-electron chi connectivity index (χ0n) is 16.6. The first-order chi connectivity index (χ1) is 15.0. The first kappa shape index (κ1) is 19.8. The molecule has 2 aromatic carbocycles. The number of thioether (sulfide) groups is 1. The van der Waals surface area contributed by atoms with E-state index in [2.05, 4.69) is 15.5 Å². The molecule has 0 radical (unpaired) electrons. The average molecular weight is 457 g/mol. The zero-order chi connectivity index (χ0) is 21.5. The molecule has 0 fully saturated rings. The number of carbonyl (C=O) groups excluding carboxylic acids is 1. The SMILES string of the molecule is CC(Sc1nnc(-c2cc3cc(Cl)ccc3o2)n1C)C(=O)Nc1ccc2c(c1)OCO2. The highest BCUT2D eigenvalue weighted by molar-refractivity contribution is 8.00. The number of rotatable bonds is 5. The van der Waals surface area contributed by atoms with Crippen LogP contribution in [0.1, 0.15) is 6.92 Å². The molecule has 1 atom stereocenters. The molecular weight excluding hydrogens is 440 g/mol. The van der Waals surface area contributed by atoms with Crippen LogP contribution in [0.2, 0.25) is 5.02 Å². The molecule has 31 heavy (non-hydrogen) atoms. The summed E-state index contributed by atoms with van der Waals surface area (Å²) in [5.41, 5.74) is 1.36. The van der Waals surface area contributed by atoms with Crippen LogP contribution in [0.3, 0.4) is 0 Å². The van der Waals surface area contributed by atoms with E-state index < -0.39 is 5.25 Å². The maximum atomic E-state index is 12.7. The number of carbonyl (C=O) groups is 1. The van der Waals surface area contributed by atoms with Crippen LogP contribution >= 0.6 is 23.4 Å². The number of amides is 1. The van der Waals surface area contributed by atoms with E-state index in [-0.39, 0.29) is 12.7 Å². The Balaban J connectivity index is 1.30. The molecule has 1 aliphatic rings. The fourth-order valence-corrected chi connectivity index (χ4v) is 4.18. The van der Waals surface area contributed by atoms with Crippen molar-refractivity contribution in [1.82, 2.24) is 14.8 Å². The summed E-state index contributed by atoms with van der Waals surface area (Å²) >= 11 is 7.36. The average Bonchev–Trinajstić information content (AvgIpc) is 3.46. The number of nitrogens with zero attached hydrogens (tertiary/aromatic N) is 3. The molecule has 10 heteroatoms. The molecule has 0 saturated heterocycles. The van der Waals surface area contributed by atoms with Crippen molar-refractivity contribution in [3.63, 3.8) is 0 Å². The lowest BCUT2D eigenvalue weighted by Crippen LogP contribution is -2.22. The number of benzene rings is 2. The van der Waals surface area contributed by atoms with Gasteiger partial charge in [0.1, 0.15) is 5.58 Å². The molecule has 158 valence electrons. The quantitative estimate of drug-likeness (QED) is 0.434. The van der Waals surface area contributed by atoms with E-state index in [1.54, 1.807) is 28.8 Å². The third-order valence-corrected chi connectivity index (χ3v) is 6.19. The molecule has 1 unspecified atom stereocenters. The van der Waals surface area contributed by atoms with Gasteiger partial charge >= 0.3 is 0 Å². The van der Waals surface area contributed by atoms with Crippen molar-refractivity contribution < 1.29 is 18.7 Å². The van der Waals surface area contributed by atoms with Crippen LogP contribution in [0, 0.1) is 0 Å². The first-order valence-corrected chi connectivity index (χ1v) is 10.7. The second-order valence-corrected chi connectivity index (χ2v) is 8.72. The van der Waals surface area contributed by atoms with Crippen molar-refractivity contribution in [2.45, 2.75) is 17.3 Å². The monoisotopic (exact) mass is 456 g/mol. The van der Waals surface area contributed by atoms with Crippen LogP contribution in [0.25, 0.3) is 22.6 Å². The van der Waals surface area contributed by atoms with E-state index in [1.807, 2.05) is 32.2 Å². The minimum Gasteiger partial charge on any atom is -0.454 e. The number of anilines is 1. The second kappa shape index (κ2) is 7.82. The van der Waals surface area contributed by atoms with Crippen LogP contribution in [-0.4, -0.2) is 32.7 Å². The Labute approximate surface area is 186 Å². The predicted octanol–water partition coefficient (Wildman–Crippen LogP) is 4.73. The van der Waals surface area contributed by atoms with Gasteiger partial charge in [-0.2, -0.15) is 0 Å². The molecule has 0 spiro atoms. The molecule has 1 amide bonds. The largest absolute Gasteiger partial charge is 0.454 e. The van der Waals surface area contributed by atoms with Gasteiger partial charge in [0.05, 0.1) is 5.25 Å². The van der Waals surface area contributed by atoms with E-state index in [0.717, 1.165) is 5.39 Å². The Kier molecular flexibility index (Phi) is 4.99. The Morgan fingerprint density at radius 3 is 2.87 bits per heavy atom. The third-order valence-electron chi connectivity index (χ3n) is 4.83. The minimum atomic E-state index is -0.407. The van der Waals surface area contributed by atoms with Gasteiger partial charge in [0, 0.05) is 29.2 Å². The van der Waals surface area contributed by atoms with Gasteiger partial charge in [-0.15, -0.1) is 10.2 Å². The van der Waals surface area contributed by atoms with Crippen LogP contribution in [0.5, 0.6) is 11.5 Å². The van der Waals surface area contributed by atoms with Crippen LogP contribution < -0.4 is 14.8 Å². The minimum absolute atomic E-state index is 0.160. The highest BCUT2D eigenvalue weighted by Gasteiger charge is 2.22. The number of ether oxygens (including phenoxy) is 2. The van der Waals surface area contributed by atoms with Crippen LogP contribution in [0.4, 0.5) is 5.69 Å². The smallest absolute Gasteiger partial charge is 0.237 e. The van der Waals surface area contributed by atoms with E-state index in [1.165, 1.54) is 11.8 Å². The normalized spacial score (nSPS) is 13.5. The Bertz CT molecular complexity index is 1300. The summed E-state index contributed by atoms with van der Waals surface area (Å²) in [6, 6.07) is 12.6. The van der Waals surface area contributed by atoms with Crippen molar-refractivity contribution in [3.05, 3.63) is 47.5 Å². The molecular formula is C21H17ClN4O4S. The fourth-order valence-electron chi connectivity index (χ4n) is 3.19. The Morgan fingerprint density at radius 2 is 2.00 bits per heavy atom. The van der Waals surface area contributed by atoms with Gasteiger partial charge in [0.25, 0.3) is 0 Å². The molecule has 0 saturated carbocycles. The lowest BCUT2D eigenvalue weighted by molar-refractivity contribution is -0.115. The summed E-state index contributed by atoms with van der Waals surface area (Å²) in [5, 5.41) is 13.1. The highest BCUT2D eigenvalue weighted by atomic mass is 35.5. The van der Waals surface area contributed by atoms with Gasteiger partial charge < -0.3 is 23.8 Å². The molecule has 2 aromatic heterocycles. The summed E-state index contributed by atoms with van der Waals surface area (Å²) < 4.78 is 18.3. The zero-order valence-corrected chi connectivity index (χ0v) is 18.2. The lowest BCUT2D eigenvalue weighted by Gasteiger charge is -2.12. The Morgan fingerprint density at radius 1 is 1.16 bits per heavy atom. The topological polar surface area (TPSA) is 91.4 Å². The molecule has 4 aromatic rings. The Hall–Kier alpha value is -3.17. The van der Waals surface area contributed by atoms with Crippen molar-refractivity contribution in [2.24, 2.45) is 7.05 Å². The van der Waals surface area contributed by atoms with Crippen molar-refractivity contribution in [3.8, 4) is 23.1 Å². The molecule has 0 bridgehead atoms. The third kappa shape index (κ3) is 3.82. The van der Waals surface area contributed by atoms with Crippen molar-refractivity contribution in [2.75, 3.05) is 12.1 Å². The highest BCUT2D eigenvalue weighted by Crippen LogP contribution is 2.35. The number of hydrogen-bond donors (Lipinski definition) is 1. The maximum Gasteiger partial charge on any atom is 0.237 e. The molecule has 1 aliphatic heterocycles. The van der Waals surface area contributed by atoms with Gasteiger partial charge in [0.15, 0.2) is 28.2 Å².